The van der Waals surface area contributed by atoms with Crippen LogP contribution in [-0.2, 0) is 4.79 Å². The van der Waals surface area contributed by atoms with Gasteiger partial charge in [0.25, 0.3) is 0 Å². The van der Waals surface area contributed by atoms with Crippen LogP contribution in [0.2, 0.25) is 0 Å². The number of carboxylic acid groups (broad SMARTS) is 1. The lowest BCUT2D eigenvalue weighted by atomic mass is 10.0. The maximum atomic E-state index is 10.2. The molecule has 15 heavy (non-hydrogen) atoms. The molecule has 1 atom stereocenters. The molecule has 0 fully saturated rings. The molecule has 0 radical (unpaired) electrons. The van der Waals surface area contributed by atoms with Crippen molar-refractivity contribution >= 4 is 5.97 Å². The molecule has 0 heterocycles. The lowest BCUT2D eigenvalue weighted by molar-refractivity contribution is -0.137. The number of rotatable bonds is 10. The summed E-state index contributed by atoms with van der Waals surface area (Å²) in [4.78, 5) is 10.2. The number of hydrogen-bond acceptors (Lipinski definition) is 2. The monoisotopic (exact) mass is 215 g/mol. The molecular weight excluding hydrogens is 190 g/mol. The van der Waals surface area contributed by atoms with E-state index in [2.05, 4.69) is 6.92 Å². The summed E-state index contributed by atoms with van der Waals surface area (Å²) in [7, 11) is 0. The molecule has 3 N–H and O–H groups in total. The Bertz CT molecular complexity index is 160. The number of unbranched alkanes of at least 4 members (excludes halogenated alkanes) is 5. The Morgan fingerprint density at radius 3 is 2.20 bits per heavy atom. The Labute approximate surface area is 93.0 Å². The van der Waals surface area contributed by atoms with Gasteiger partial charge in [0.15, 0.2) is 0 Å². The lowest BCUT2D eigenvalue weighted by Gasteiger charge is -2.07. The van der Waals surface area contributed by atoms with Crippen LogP contribution in [0.5, 0.6) is 0 Å². The molecule has 0 aromatic heterocycles. The molecule has 1 unspecified atom stereocenters. The van der Waals surface area contributed by atoms with Crippen LogP contribution in [0.25, 0.3) is 0 Å². The van der Waals surface area contributed by atoms with E-state index in [1.807, 2.05) is 0 Å². The molecule has 0 amide bonds. The van der Waals surface area contributed by atoms with Gasteiger partial charge < -0.3 is 10.8 Å². The predicted molar refractivity (Wildman–Crippen MR) is 62.8 cm³/mol. The van der Waals surface area contributed by atoms with Crippen molar-refractivity contribution in [2.45, 2.75) is 58.3 Å². The summed E-state index contributed by atoms with van der Waals surface area (Å²) in [5, 5.41) is 8.43. The molecule has 0 rings (SSSR count). The minimum absolute atomic E-state index is 0.324. The third-order valence-corrected chi connectivity index (χ3v) is 2.74. The van der Waals surface area contributed by atoms with Gasteiger partial charge in [-0.1, -0.05) is 39.0 Å². The van der Waals surface area contributed by atoms with Gasteiger partial charge in [-0.05, 0) is 25.3 Å². The zero-order chi connectivity index (χ0) is 11.5. The Morgan fingerprint density at radius 2 is 1.67 bits per heavy atom. The summed E-state index contributed by atoms with van der Waals surface area (Å²) in [5.41, 5.74) is 5.53. The number of hydrogen-bond donors (Lipinski definition) is 2. The van der Waals surface area contributed by atoms with Gasteiger partial charge in [0, 0.05) is 6.42 Å². The predicted octanol–water partition coefficient (Wildman–Crippen LogP) is 2.79. The van der Waals surface area contributed by atoms with Gasteiger partial charge in [-0.3, -0.25) is 4.79 Å². The molecule has 0 aliphatic rings. The molecule has 3 nitrogen and oxygen atoms in total. The minimum atomic E-state index is -0.674. The second-order valence-corrected chi connectivity index (χ2v) is 4.39. The largest absolute Gasteiger partial charge is 0.481 e. The highest BCUT2D eigenvalue weighted by molar-refractivity contribution is 5.66. The SMILES string of the molecule is CC(CN)CCCCCCCCC(=O)O. The van der Waals surface area contributed by atoms with Crippen LogP contribution in [0, 0.1) is 5.92 Å². The van der Waals surface area contributed by atoms with Crippen LogP contribution in [0.15, 0.2) is 0 Å². The van der Waals surface area contributed by atoms with E-state index in [1.165, 1.54) is 32.1 Å². The molecule has 0 spiro atoms. The molecule has 0 aliphatic carbocycles. The van der Waals surface area contributed by atoms with Crippen LogP contribution < -0.4 is 5.73 Å². The fraction of sp³-hybridized carbons (Fsp3) is 0.917. The van der Waals surface area contributed by atoms with E-state index in [4.69, 9.17) is 10.8 Å². The summed E-state index contributed by atoms with van der Waals surface area (Å²) in [6.45, 7) is 2.98. The first-order valence-corrected chi connectivity index (χ1v) is 6.08. The Balaban J connectivity index is 3.02. The summed E-state index contributed by atoms with van der Waals surface area (Å²) < 4.78 is 0. The molecule has 0 saturated heterocycles. The van der Waals surface area contributed by atoms with E-state index in [1.54, 1.807) is 0 Å². The Hall–Kier alpha value is -0.570. The van der Waals surface area contributed by atoms with Crippen molar-refractivity contribution in [2.75, 3.05) is 6.54 Å². The van der Waals surface area contributed by atoms with Gasteiger partial charge in [0.2, 0.25) is 0 Å². The average Bonchev–Trinajstić information content (AvgIpc) is 2.21. The van der Waals surface area contributed by atoms with Gasteiger partial charge in [-0.2, -0.15) is 0 Å². The Morgan fingerprint density at radius 1 is 1.13 bits per heavy atom. The zero-order valence-corrected chi connectivity index (χ0v) is 9.87. The van der Waals surface area contributed by atoms with Crippen molar-refractivity contribution in [3.63, 3.8) is 0 Å². The molecule has 90 valence electrons. The first kappa shape index (κ1) is 14.4. The van der Waals surface area contributed by atoms with Crippen LogP contribution in [0.1, 0.15) is 58.3 Å². The number of nitrogens with two attached hydrogens (primary N) is 1. The minimum Gasteiger partial charge on any atom is -0.481 e. The molecule has 0 bridgehead atoms. The summed E-state index contributed by atoms with van der Waals surface area (Å²) in [6.07, 6.45) is 8.36. The topological polar surface area (TPSA) is 63.3 Å². The standard InChI is InChI=1S/C12H25NO2/c1-11(10-13)8-6-4-2-3-5-7-9-12(14)15/h11H,2-10,13H2,1H3,(H,14,15). The third-order valence-electron chi connectivity index (χ3n) is 2.74. The summed E-state index contributed by atoms with van der Waals surface area (Å²) in [5.74, 6) is -0.0243. The second-order valence-electron chi connectivity index (χ2n) is 4.39. The smallest absolute Gasteiger partial charge is 0.303 e. The van der Waals surface area contributed by atoms with Crippen LogP contribution >= 0.6 is 0 Å². The van der Waals surface area contributed by atoms with E-state index in [9.17, 15) is 4.79 Å². The molecular formula is C12H25NO2. The maximum Gasteiger partial charge on any atom is 0.303 e. The van der Waals surface area contributed by atoms with Crippen molar-refractivity contribution in [2.24, 2.45) is 11.7 Å². The van der Waals surface area contributed by atoms with Crippen molar-refractivity contribution in [1.29, 1.82) is 0 Å². The number of carbonyl (C=O) groups is 1. The van der Waals surface area contributed by atoms with Gasteiger partial charge in [-0.15, -0.1) is 0 Å². The maximum absolute atomic E-state index is 10.2. The van der Waals surface area contributed by atoms with Crippen molar-refractivity contribution in [1.82, 2.24) is 0 Å². The fourth-order valence-corrected chi connectivity index (χ4v) is 1.59. The second kappa shape index (κ2) is 9.97. The van der Waals surface area contributed by atoms with Gasteiger partial charge >= 0.3 is 5.97 Å². The summed E-state index contributed by atoms with van der Waals surface area (Å²) >= 11 is 0. The highest BCUT2D eigenvalue weighted by Gasteiger charge is 1.99. The van der Waals surface area contributed by atoms with Gasteiger partial charge in [0.05, 0.1) is 0 Å². The van der Waals surface area contributed by atoms with Crippen LogP contribution in [0.4, 0.5) is 0 Å². The lowest BCUT2D eigenvalue weighted by Crippen LogP contribution is -2.10. The van der Waals surface area contributed by atoms with E-state index in [-0.39, 0.29) is 0 Å². The Kier molecular flexibility index (Phi) is 9.59. The fourth-order valence-electron chi connectivity index (χ4n) is 1.59. The van der Waals surface area contributed by atoms with Gasteiger partial charge in [0.1, 0.15) is 0 Å². The molecule has 0 saturated carbocycles. The van der Waals surface area contributed by atoms with E-state index >= 15 is 0 Å². The van der Waals surface area contributed by atoms with Crippen molar-refractivity contribution in [3.8, 4) is 0 Å². The highest BCUT2D eigenvalue weighted by atomic mass is 16.4. The number of aliphatic carboxylic acids is 1. The van der Waals surface area contributed by atoms with E-state index in [0.29, 0.717) is 12.3 Å². The average molecular weight is 215 g/mol. The van der Waals surface area contributed by atoms with E-state index < -0.39 is 5.97 Å². The van der Waals surface area contributed by atoms with Crippen molar-refractivity contribution < 1.29 is 9.90 Å². The first-order chi connectivity index (χ1) is 7.16. The highest BCUT2D eigenvalue weighted by Crippen LogP contribution is 2.11. The molecule has 0 aromatic carbocycles. The normalized spacial score (nSPS) is 12.7. The quantitative estimate of drug-likeness (QED) is 0.551. The molecule has 3 heteroatoms. The third kappa shape index (κ3) is 11.4. The van der Waals surface area contributed by atoms with Crippen LogP contribution in [-0.4, -0.2) is 17.6 Å². The summed E-state index contributed by atoms with van der Waals surface area (Å²) in [6, 6.07) is 0. The molecule has 0 aromatic rings. The van der Waals surface area contributed by atoms with Gasteiger partial charge in [-0.25, -0.2) is 0 Å². The number of carboxylic acids is 1. The first-order valence-electron chi connectivity index (χ1n) is 6.08. The van der Waals surface area contributed by atoms with E-state index in [0.717, 1.165) is 19.4 Å². The van der Waals surface area contributed by atoms with Crippen molar-refractivity contribution in [3.05, 3.63) is 0 Å². The molecule has 0 aliphatic heterocycles. The zero-order valence-electron chi connectivity index (χ0n) is 9.87. The van der Waals surface area contributed by atoms with Crippen LogP contribution in [0.3, 0.4) is 0 Å².